The molecule has 0 fully saturated rings. The fourth-order valence-corrected chi connectivity index (χ4v) is 7.39. The van der Waals surface area contributed by atoms with E-state index >= 15 is 0 Å². The second-order valence-corrected chi connectivity index (χ2v) is 15.8. The van der Waals surface area contributed by atoms with Crippen LogP contribution in [0.2, 0.25) is 0 Å². The Balaban J connectivity index is 0.000000480. The molecule has 0 saturated heterocycles. The molecule has 0 aromatic heterocycles. The average Bonchev–Trinajstić information content (AvgIpc) is 3.10. The van der Waals surface area contributed by atoms with Crippen molar-refractivity contribution in [2.45, 2.75) is 154 Å². The lowest BCUT2D eigenvalue weighted by Crippen LogP contribution is -1.97. The van der Waals surface area contributed by atoms with Crippen molar-refractivity contribution in [1.82, 2.24) is 0 Å². The molecule has 0 spiro atoms. The van der Waals surface area contributed by atoms with Crippen LogP contribution in [-0.2, 0) is 38.5 Å². The maximum absolute atomic E-state index is 8.90. The topological polar surface area (TPSA) is 60.7 Å². The van der Waals surface area contributed by atoms with E-state index in [4.69, 9.17) is 15.3 Å². The predicted molar refractivity (Wildman–Crippen MR) is 221 cm³/mol. The summed E-state index contributed by atoms with van der Waals surface area (Å²) in [5.41, 5.74) is 8.97. The van der Waals surface area contributed by atoms with Gasteiger partial charge in [-0.25, -0.2) is 0 Å². The summed E-state index contributed by atoms with van der Waals surface area (Å²) in [6.07, 6.45) is 28.2. The van der Waals surface area contributed by atoms with Crippen molar-refractivity contribution in [3.8, 4) is 0 Å². The summed E-state index contributed by atoms with van der Waals surface area (Å²) in [7, 11) is 0. The Kier molecular flexibility index (Phi) is 32.3. The highest BCUT2D eigenvalue weighted by atomic mass is 79.9. The molecule has 0 amide bonds. The van der Waals surface area contributed by atoms with Gasteiger partial charge in [-0.15, -0.1) is 0 Å². The number of benzene rings is 2. The molecule has 3 N–H and O–H groups in total. The smallest absolute Gasteiger partial charge is 0.0431 e. The first-order valence-electron chi connectivity index (χ1n) is 19.3. The molecule has 48 heavy (non-hydrogen) atoms. The third-order valence-electron chi connectivity index (χ3n) is 8.89. The molecule has 6 heteroatoms. The van der Waals surface area contributed by atoms with Crippen LogP contribution in [0.1, 0.15) is 149 Å². The van der Waals surface area contributed by atoms with E-state index < -0.39 is 0 Å². The minimum Gasteiger partial charge on any atom is -0.396 e. The summed E-state index contributed by atoms with van der Waals surface area (Å²) in [4.78, 5) is 0. The minimum atomic E-state index is 0.293. The lowest BCUT2D eigenvalue weighted by Gasteiger charge is -2.10. The maximum atomic E-state index is 8.90. The van der Waals surface area contributed by atoms with E-state index in [0.29, 0.717) is 19.8 Å². The van der Waals surface area contributed by atoms with E-state index in [9.17, 15) is 0 Å². The lowest BCUT2D eigenvalue weighted by atomic mass is 9.95. The van der Waals surface area contributed by atoms with Crippen molar-refractivity contribution >= 4 is 47.8 Å². The SMILES string of the molecule is BrCCCCCc1cc(CCCCCBr)cc(CCCCCBr)c1.OCCCCCc1cc(CCCCCO)cc(CCCCCO)c1. The van der Waals surface area contributed by atoms with Gasteiger partial charge in [0.25, 0.3) is 0 Å². The van der Waals surface area contributed by atoms with Crippen molar-refractivity contribution in [1.29, 1.82) is 0 Å². The van der Waals surface area contributed by atoms with Crippen LogP contribution in [0.15, 0.2) is 36.4 Å². The number of aliphatic hydroxyl groups excluding tert-OH is 3. The van der Waals surface area contributed by atoms with Crippen LogP contribution in [0, 0.1) is 0 Å². The van der Waals surface area contributed by atoms with Crippen LogP contribution < -0.4 is 0 Å². The van der Waals surface area contributed by atoms with E-state index in [1.54, 1.807) is 16.7 Å². The summed E-state index contributed by atoms with van der Waals surface area (Å²) in [6, 6.07) is 14.5. The van der Waals surface area contributed by atoms with Crippen molar-refractivity contribution in [2.75, 3.05) is 35.8 Å². The Hall–Kier alpha value is -0.240. The standard InChI is InChI=1S/C21H33Br3.C21H36O3/c2*22-13-7-1-4-10-19-16-20(11-5-2-8-14-23)18-21(17-19)12-6-3-9-15-24/h16-18H,1-15H2;16-18,22-24H,1-15H2. The molecule has 2 aromatic rings. The van der Waals surface area contributed by atoms with Gasteiger partial charge >= 0.3 is 0 Å². The number of alkyl halides is 3. The fourth-order valence-electron chi connectivity index (χ4n) is 6.20. The highest BCUT2D eigenvalue weighted by molar-refractivity contribution is 9.09. The van der Waals surface area contributed by atoms with Crippen LogP contribution in [0.25, 0.3) is 0 Å². The quantitative estimate of drug-likeness (QED) is 0.0542. The molecular formula is C42H69Br3O3. The predicted octanol–water partition coefficient (Wildman–Crippen LogP) is 11.8. The molecule has 0 bridgehead atoms. The van der Waals surface area contributed by atoms with Gasteiger partial charge in [0.2, 0.25) is 0 Å². The highest BCUT2D eigenvalue weighted by Gasteiger charge is 2.05. The van der Waals surface area contributed by atoms with Gasteiger partial charge in [0.05, 0.1) is 0 Å². The molecule has 0 radical (unpaired) electrons. The van der Waals surface area contributed by atoms with Crippen molar-refractivity contribution in [2.24, 2.45) is 0 Å². The Morgan fingerprint density at radius 2 is 0.458 bits per heavy atom. The van der Waals surface area contributed by atoms with Crippen LogP contribution >= 0.6 is 47.8 Å². The number of aryl methyl sites for hydroxylation is 6. The van der Waals surface area contributed by atoms with Gasteiger partial charge in [0.1, 0.15) is 0 Å². The summed E-state index contributed by atoms with van der Waals surface area (Å²) in [6.45, 7) is 0.878. The first-order chi connectivity index (χ1) is 23.6. The van der Waals surface area contributed by atoms with E-state index in [1.807, 2.05) is 0 Å². The Bertz CT molecular complexity index is 772. The third kappa shape index (κ3) is 25.7. The van der Waals surface area contributed by atoms with Crippen LogP contribution in [0.3, 0.4) is 0 Å². The van der Waals surface area contributed by atoms with Gasteiger partial charge in [0.15, 0.2) is 0 Å². The zero-order valence-corrected chi connectivity index (χ0v) is 34.9. The van der Waals surface area contributed by atoms with Gasteiger partial charge in [-0.3, -0.25) is 0 Å². The summed E-state index contributed by atoms with van der Waals surface area (Å²) < 4.78 is 0. The van der Waals surface area contributed by atoms with Gasteiger partial charge in [-0.05, 0) is 149 Å². The molecule has 276 valence electrons. The summed E-state index contributed by atoms with van der Waals surface area (Å²) in [5, 5.41) is 30.1. The third-order valence-corrected chi connectivity index (χ3v) is 10.6. The van der Waals surface area contributed by atoms with Crippen molar-refractivity contribution in [3.05, 3.63) is 69.8 Å². The van der Waals surface area contributed by atoms with Gasteiger partial charge in [-0.2, -0.15) is 0 Å². The van der Waals surface area contributed by atoms with E-state index in [0.717, 1.165) is 93.0 Å². The molecule has 0 aliphatic heterocycles. The zero-order valence-electron chi connectivity index (χ0n) is 30.2. The second-order valence-electron chi connectivity index (χ2n) is 13.4. The van der Waals surface area contributed by atoms with Gasteiger partial charge in [0, 0.05) is 35.8 Å². The largest absolute Gasteiger partial charge is 0.396 e. The molecule has 0 aliphatic carbocycles. The van der Waals surface area contributed by atoms with Gasteiger partial charge in [-0.1, -0.05) is 123 Å². The molecule has 0 unspecified atom stereocenters. The van der Waals surface area contributed by atoms with E-state index in [2.05, 4.69) is 84.2 Å². The lowest BCUT2D eigenvalue weighted by molar-refractivity contribution is 0.283. The molecule has 0 saturated carbocycles. The van der Waals surface area contributed by atoms with Crippen molar-refractivity contribution in [3.63, 3.8) is 0 Å². The van der Waals surface area contributed by atoms with Gasteiger partial charge < -0.3 is 15.3 Å². The second kappa shape index (κ2) is 33.9. The van der Waals surface area contributed by atoms with Crippen LogP contribution in [-0.4, -0.2) is 51.1 Å². The number of rotatable bonds is 30. The Morgan fingerprint density at radius 1 is 0.271 bits per heavy atom. The number of unbranched alkanes of at least 4 members (excludes halogenated alkanes) is 12. The molecule has 0 atom stereocenters. The van der Waals surface area contributed by atoms with Crippen LogP contribution in [0.4, 0.5) is 0 Å². The molecule has 0 heterocycles. The fraction of sp³-hybridized carbons (Fsp3) is 0.714. The van der Waals surface area contributed by atoms with Crippen LogP contribution in [0.5, 0.6) is 0 Å². The van der Waals surface area contributed by atoms with Crippen molar-refractivity contribution < 1.29 is 15.3 Å². The molecule has 2 rings (SSSR count). The Morgan fingerprint density at radius 3 is 0.625 bits per heavy atom. The number of hydrogen-bond acceptors (Lipinski definition) is 3. The van der Waals surface area contributed by atoms with E-state index in [-0.39, 0.29) is 0 Å². The monoisotopic (exact) mass is 858 g/mol. The zero-order chi connectivity index (χ0) is 34.9. The molecule has 3 nitrogen and oxygen atoms in total. The molecular weight excluding hydrogens is 792 g/mol. The average molecular weight is 862 g/mol. The normalized spacial score (nSPS) is 11.1. The highest BCUT2D eigenvalue weighted by Crippen LogP contribution is 2.20. The maximum Gasteiger partial charge on any atom is 0.0431 e. The molecule has 2 aromatic carbocycles. The first kappa shape index (κ1) is 45.8. The number of aliphatic hydroxyl groups is 3. The number of hydrogen-bond donors (Lipinski definition) is 3. The summed E-state index contributed by atoms with van der Waals surface area (Å²) >= 11 is 10.6. The number of halogens is 3. The first-order valence-corrected chi connectivity index (χ1v) is 22.7. The molecule has 0 aliphatic rings. The Labute approximate surface area is 320 Å². The van der Waals surface area contributed by atoms with E-state index in [1.165, 1.54) is 93.7 Å². The minimum absolute atomic E-state index is 0.293. The summed E-state index contributed by atoms with van der Waals surface area (Å²) in [5.74, 6) is 0.